The number of para-hydroxylation sites is 1. The number of nitrogens with zero attached hydrogens (tertiary/aromatic N) is 1. The summed E-state index contributed by atoms with van der Waals surface area (Å²) in [6.45, 7) is 1.53. The number of nitrogens with one attached hydrogen (secondary N) is 2. The number of carbonyl (C=O) groups excluding carboxylic acids is 2. The van der Waals surface area contributed by atoms with E-state index in [4.69, 9.17) is 11.6 Å². The van der Waals surface area contributed by atoms with Gasteiger partial charge in [-0.2, -0.15) is 0 Å². The Labute approximate surface area is 184 Å². The van der Waals surface area contributed by atoms with E-state index in [0.717, 1.165) is 23.4 Å². The lowest BCUT2D eigenvalue weighted by molar-refractivity contribution is -0.139. The van der Waals surface area contributed by atoms with Crippen molar-refractivity contribution in [2.45, 2.75) is 19.0 Å². The highest BCUT2D eigenvalue weighted by Crippen LogP contribution is 2.36. The topological polar surface area (TPSA) is 61.4 Å². The lowest BCUT2D eigenvalue weighted by Crippen LogP contribution is -2.43. The molecule has 0 aliphatic carbocycles. The van der Waals surface area contributed by atoms with Crippen molar-refractivity contribution in [3.05, 3.63) is 87.1 Å². The Bertz CT molecular complexity index is 1020. The molecule has 1 aromatic heterocycles. The molecule has 2 N–H and O–H groups in total. The molecule has 2 heterocycles. The molecule has 1 aliphatic heterocycles. The number of hydrogen-bond acceptors (Lipinski definition) is 4. The van der Waals surface area contributed by atoms with Crippen molar-refractivity contribution in [1.82, 2.24) is 10.6 Å². The molecule has 154 valence electrons. The van der Waals surface area contributed by atoms with Crippen molar-refractivity contribution in [1.29, 1.82) is 0 Å². The summed E-state index contributed by atoms with van der Waals surface area (Å²) in [6.07, 6.45) is 0.980. The summed E-state index contributed by atoms with van der Waals surface area (Å²) in [6, 6.07) is 19.6. The number of carbonyl (C=O) groups is 2. The first-order chi connectivity index (χ1) is 14.6. The van der Waals surface area contributed by atoms with Crippen LogP contribution in [0.15, 0.2) is 66.0 Å². The smallest absolute Gasteiger partial charge is 0.309 e. The van der Waals surface area contributed by atoms with Crippen LogP contribution in [0.4, 0.5) is 5.69 Å². The van der Waals surface area contributed by atoms with Gasteiger partial charge in [0.1, 0.15) is 0 Å². The molecule has 3 aromatic rings. The zero-order valence-electron chi connectivity index (χ0n) is 16.3. The summed E-state index contributed by atoms with van der Waals surface area (Å²) in [5, 5.41) is 8.14. The van der Waals surface area contributed by atoms with Gasteiger partial charge in [-0.05, 0) is 47.2 Å². The number of anilines is 1. The van der Waals surface area contributed by atoms with E-state index in [0.29, 0.717) is 11.6 Å². The van der Waals surface area contributed by atoms with Crippen LogP contribution >= 0.6 is 22.9 Å². The second-order valence-corrected chi connectivity index (χ2v) is 8.54. The van der Waals surface area contributed by atoms with Crippen LogP contribution in [-0.2, 0) is 22.6 Å². The predicted molar refractivity (Wildman–Crippen MR) is 121 cm³/mol. The van der Waals surface area contributed by atoms with Gasteiger partial charge >= 0.3 is 11.8 Å². The second kappa shape index (κ2) is 9.32. The van der Waals surface area contributed by atoms with E-state index in [1.807, 2.05) is 29.6 Å². The number of halogens is 1. The summed E-state index contributed by atoms with van der Waals surface area (Å²) in [7, 11) is 0. The molecule has 2 aromatic carbocycles. The Morgan fingerprint density at radius 2 is 1.77 bits per heavy atom. The summed E-state index contributed by atoms with van der Waals surface area (Å²) in [4.78, 5) is 28.1. The van der Waals surface area contributed by atoms with Gasteiger partial charge in [0.15, 0.2) is 0 Å². The van der Waals surface area contributed by atoms with Crippen molar-refractivity contribution >= 4 is 40.4 Å². The van der Waals surface area contributed by atoms with Gasteiger partial charge in [-0.1, -0.05) is 48.0 Å². The van der Waals surface area contributed by atoms with Gasteiger partial charge in [0.2, 0.25) is 0 Å². The number of fused-ring (bicyclic) bond motifs is 1. The van der Waals surface area contributed by atoms with Crippen LogP contribution in [0.25, 0.3) is 0 Å². The maximum atomic E-state index is 12.4. The number of rotatable bonds is 6. The predicted octanol–water partition coefficient (Wildman–Crippen LogP) is 3.94. The zero-order chi connectivity index (χ0) is 20.9. The van der Waals surface area contributed by atoms with Crippen molar-refractivity contribution in [2.75, 3.05) is 18.0 Å². The molecule has 0 bridgehead atoms. The molecule has 0 spiro atoms. The van der Waals surface area contributed by atoms with E-state index in [9.17, 15) is 9.59 Å². The summed E-state index contributed by atoms with van der Waals surface area (Å²) >= 11 is 7.53. The van der Waals surface area contributed by atoms with Crippen molar-refractivity contribution in [3.8, 4) is 0 Å². The molecule has 1 aliphatic rings. The summed E-state index contributed by atoms with van der Waals surface area (Å²) < 4.78 is 0. The van der Waals surface area contributed by atoms with E-state index in [2.05, 4.69) is 39.8 Å². The first-order valence-corrected chi connectivity index (χ1v) is 11.1. The quantitative estimate of drug-likeness (QED) is 0.572. The van der Waals surface area contributed by atoms with Crippen LogP contribution in [0.3, 0.4) is 0 Å². The fraction of sp³-hybridized carbons (Fsp3) is 0.217. The Kier molecular flexibility index (Phi) is 6.35. The van der Waals surface area contributed by atoms with Crippen LogP contribution < -0.4 is 15.5 Å². The first kappa shape index (κ1) is 20.4. The molecular formula is C23H22ClN3O2S. The van der Waals surface area contributed by atoms with Crippen LogP contribution in [0, 0.1) is 0 Å². The molecule has 5 nitrogen and oxygen atoms in total. The summed E-state index contributed by atoms with van der Waals surface area (Å²) in [5.41, 5.74) is 3.38. The lowest BCUT2D eigenvalue weighted by atomic mass is 10.1. The third kappa shape index (κ3) is 4.66. The molecule has 0 saturated heterocycles. The Balaban J connectivity index is 1.38. The van der Waals surface area contributed by atoms with Crippen LogP contribution in [-0.4, -0.2) is 24.9 Å². The van der Waals surface area contributed by atoms with Gasteiger partial charge in [0.25, 0.3) is 0 Å². The van der Waals surface area contributed by atoms with Crippen molar-refractivity contribution in [3.63, 3.8) is 0 Å². The van der Waals surface area contributed by atoms with Crippen LogP contribution in [0.5, 0.6) is 0 Å². The van der Waals surface area contributed by atoms with Gasteiger partial charge in [0.05, 0.1) is 6.04 Å². The average Bonchev–Trinajstić information content (AvgIpc) is 3.44. The number of amides is 2. The zero-order valence-corrected chi connectivity index (χ0v) is 17.9. The molecule has 7 heteroatoms. The van der Waals surface area contributed by atoms with Gasteiger partial charge in [0, 0.05) is 35.2 Å². The highest BCUT2D eigenvalue weighted by Gasteiger charge is 2.28. The van der Waals surface area contributed by atoms with E-state index in [1.165, 1.54) is 11.3 Å². The summed E-state index contributed by atoms with van der Waals surface area (Å²) in [5.74, 6) is -1.27. The Morgan fingerprint density at radius 1 is 1.00 bits per heavy atom. The molecule has 0 fully saturated rings. The van der Waals surface area contributed by atoms with E-state index < -0.39 is 11.8 Å². The highest BCUT2D eigenvalue weighted by atomic mass is 35.5. The lowest BCUT2D eigenvalue weighted by Gasteiger charge is -2.30. The van der Waals surface area contributed by atoms with Gasteiger partial charge in [-0.25, -0.2) is 0 Å². The number of benzene rings is 2. The number of thiophene rings is 1. The van der Waals surface area contributed by atoms with Gasteiger partial charge in [-0.3, -0.25) is 9.59 Å². The molecule has 0 unspecified atom stereocenters. The SMILES string of the molecule is O=C(NCc1ccc(Cl)cc1)C(=O)NC[C@@H](c1cccs1)N1CCc2ccccc21. The second-order valence-electron chi connectivity index (χ2n) is 7.12. The average molecular weight is 440 g/mol. The normalized spacial score (nSPS) is 13.6. The molecule has 4 rings (SSSR count). The van der Waals surface area contributed by atoms with Crippen molar-refractivity contribution in [2.24, 2.45) is 0 Å². The molecule has 1 atom stereocenters. The van der Waals surface area contributed by atoms with E-state index in [-0.39, 0.29) is 12.6 Å². The minimum absolute atomic E-state index is 0.0123. The molecule has 30 heavy (non-hydrogen) atoms. The minimum atomic E-state index is -0.642. The van der Waals surface area contributed by atoms with Gasteiger partial charge < -0.3 is 15.5 Å². The fourth-order valence-corrected chi connectivity index (χ4v) is 4.63. The molecule has 2 amide bonds. The Hall–Kier alpha value is -2.83. The molecule has 0 saturated carbocycles. The monoisotopic (exact) mass is 439 g/mol. The third-order valence-electron chi connectivity index (χ3n) is 5.20. The highest BCUT2D eigenvalue weighted by molar-refractivity contribution is 7.10. The van der Waals surface area contributed by atoms with Gasteiger partial charge in [-0.15, -0.1) is 11.3 Å². The third-order valence-corrected chi connectivity index (χ3v) is 6.42. The Morgan fingerprint density at radius 3 is 2.53 bits per heavy atom. The van der Waals surface area contributed by atoms with Crippen LogP contribution in [0.2, 0.25) is 5.02 Å². The molecular weight excluding hydrogens is 418 g/mol. The largest absolute Gasteiger partial charge is 0.361 e. The minimum Gasteiger partial charge on any atom is -0.361 e. The number of hydrogen-bond donors (Lipinski definition) is 2. The maximum Gasteiger partial charge on any atom is 0.309 e. The van der Waals surface area contributed by atoms with Crippen molar-refractivity contribution < 1.29 is 9.59 Å². The van der Waals surface area contributed by atoms with E-state index >= 15 is 0 Å². The fourth-order valence-electron chi connectivity index (χ4n) is 3.67. The van der Waals surface area contributed by atoms with E-state index in [1.54, 1.807) is 23.5 Å². The maximum absolute atomic E-state index is 12.4. The standard InChI is InChI=1S/C23H22ClN3O2S/c24-18-9-7-16(8-10-18)14-25-22(28)23(29)26-15-20(21-6-3-13-30-21)27-12-11-17-4-1-2-5-19(17)27/h1-10,13,20H,11-12,14-15H2,(H,25,28)(H,26,29)/t20-/m0/s1. The first-order valence-electron chi connectivity index (χ1n) is 9.80. The molecule has 0 radical (unpaired) electrons. The van der Waals surface area contributed by atoms with Crippen LogP contribution in [0.1, 0.15) is 22.0 Å².